The topological polar surface area (TPSA) is 129 Å². The third-order valence-corrected chi connectivity index (χ3v) is 8.43. The second-order valence-electron chi connectivity index (χ2n) is 11.3. The van der Waals surface area contributed by atoms with Crippen LogP contribution in [0.2, 0.25) is 5.02 Å². The number of amides is 1. The van der Waals surface area contributed by atoms with E-state index < -0.39 is 17.9 Å². The molecule has 2 aliphatic heterocycles. The highest BCUT2D eigenvalue weighted by Crippen LogP contribution is 2.39. The zero-order chi connectivity index (χ0) is 30.4. The summed E-state index contributed by atoms with van der Waals surface area (Å²) in [6.07, 6.45) is 0.505. The van der Waals surface area contributed by atoms with E-state index in [-0.39, 0.29) is 37.6 Å². The van der Waals surface area contributed by atoms with Gasteiger partial charge in [-0.25, -0.2) is 0 Å². The first-order chi connectivity index (χ1) is 20.7. The average Bonchev–Trinajstić information content (AvgIpc) is 3.02. The van der Waals surface area contributed by atoms with Crippen molar-refractivity contribution in [2.24, 2.45) is 0 Å². The van der Waals surface area contributed by atoms with Crippen molar-refractivity contribution < 1.29 is 34.4 Å². The highest BCUT2D eigenvalue weighted by atomic mass is 35.5. The summed E-state index contributed by atoms with van der Waals surface area (Å²) in [5, 5.41) is 33.0. The van der Waals surface area contributed by atoms with Gasteiger partial charge in [-0.3, -0.25) is 9.59 Å². The van der Waals surface area contributed by atoms with Crippen LogP contribution in [0.1, 0.15) is 66.8 Å². The Morgan fingerprint density at radius 2 is 1.56 bits per heavy atom. The molecule has 4 N–H and O–H groups in total. The van der Waals surface area contributed by atoms with Gasteiger partial charge in [0.05, 0.1) is 30.8 Å². The third kappa shape index (κ3) is 8.20. The van der Waals surface area contributed by atoms with Crippen LogP contribution in [-0.4, -0.2) is 57.8 Å². The van der Waals surface area contributed by atoms with Crippen LogP contribution in [0.4, 0.5) is 5.69 Å². The Morgan fingerprint density at radius 1 is 0.907 bits per heavy atom. The van der Waals surface area contributed by atoms with Crippen molar-refractivity contribution in [1.29, 1.82) is 0 Å². The first-order valence-corrected chi connectivity index (χ1v) is 14.9. The molecule has 0 saturated carbocycles. The number of carbonyl (C=O) groups is 2. The summed E-state index contributed by atoms with van der Waals surface area (Å²) in [5.41, 5.74) is 3.17. The molecule has 2 fully saturated rings. The van der Waals surface area contributed by atoms with Crippen molar-refractivity contribution in [2.45, 2.75) is 62.8 Å². The second-order valence-corrected chi connectivity index (χ2v) is 11.7. The highest BCUT2D eigenvalue weighted by molar-refractivity contribution is 6.30. The zero-order valence-corrected chi connectivity index (χ0v) is 24.6. The lowest BCUT2D eigenvalue weighted by Gasteiger charge is -2.42. The molecule has 0 spiro atoms. The van der Waals surface area contributed by atoms with E-state index in [1.807, 2.05) is 60.7 Å². The fourth-order valence-corrected chi connectivity index (χ4v) is 5.77. The summed E-state index contributed by atoms with van der Waals surface area (Å²) in [6.45, 7) is 2.09. The molecule has 0 bridgehead atoms. The normalized spacial score (nSPS) is 22.2. The van der Waals surface area contributed by atoms with E-state index in [4.69, 9.17) is 26.2 Å². The molecule has 3 aromatic carbocycles. The van der Waals surface area contributed by atoms with Crippen molar-refractivity contribution in [3.8, 4) is 0 Å². The summed E-state index contributed by atoms with van der Waals surface area (Å²) >= 11 is 6.04. The Kier molecular flexibility index (Phi) is 10.1. The molecular formula is C33H37ClN2O7. The number of piperidine rings is 1. The molecule has 5 rings (SSSR count). The van der Waals surface area contributed by atoms with Gasteiger partial charge in [-0.15, -0.1) is 0 Å². The average molecular weight is 609 g/mol. The van der Waals surface area contributed by atoms with Crippen LogP contribution < -0.4 is 5.32 Å². The van der Waals surface area contributed by atoms with Crippen LogP contribution >= 0.6 is 11.6 Å². The molecule has 10 heteroatoms. The van der Waals surface area contributed by atoms with E-state index >= 15 is 0 Å². The molecule has 1 amide bonds. The predicted molar refractivity (Wildman–Crippen MR) is 161 cm³/mol. The first-order valence-electron chi connectivity index (χ1n) is 14.5. The standard InChI is InChI=1S/C33H37ClN2O7/c34-26-9-7-25(8-10-26)33(41)15-17-36(18-16-33)20-28-19-29(23-3-1-22(21-37)2-4-23)43-32(42-28)24-5-11-27(12-6-24)35-30(38)13-14-31(39)40/h1-12,28-29,32,37,41H,13-21H2,(H,35,38)(H,39,40)/t28-,29+,32+/m0/s1. The number of nitrogens with zero attached hydrogens (tertiary/aromatic N) is 1. The quantitative estimate of drug-likeness (QED) is 0.248. The number of aliphatic carboxylic acids is 1. The fourth-order valence-electron chi connectivity index (χ4n) is 5.64. The number of carbonyl (C=O) groups excluding carboxylic acids is 1. The van der Waals surface area contributed by atoms with Crippen molar-refractivity contribution >= 4 is 29.2 Å². The molecular weight excluding hydrogens is 572 g/mol. The number of anilines is 1. The largest absolute Gasteiger partial charge is 0.481 e. The molecule has 9 nitrogen and oxygen atoms in total. The summed E-state index contributed by atoms with van der Waals surface area (Å²) in [5.74, 6) is -1.38. The summed E-state index contributed by atoms with van der Waals surface area (Å²) < 4.78 is 12.9. The van der Waals surface area contributed by atoms with Gasteiger partial charge in [0.1, 0.15) is 0 Å². The number of halogens is 1. The molecule has 0 aromatic heterocycles. The molecule has 2 aliphatic rings. The number of hydrogen-bond acceptors (Lipinski definition) is 7. The van der Waals surface area contributed by atoms with E-state index in [9.17, 15) is 19.8 Å². The monoisotopic (exact) mass is 608 g/mol. The Balaban J connectivity index is 1.26. The Morgan fingerprint density at radius 3 is 2.19 bits per heavy atom. The first kappa shape index (κ1) is 31.1. The maximum Gasteiger partial charge on any atom is 0.303 e. The van der Waals surface area contributed by atoms with Crippen LogP contribution in [0.3, 0.4) is 0 Å². The molecule has 2 heterocycles. The Hall–Kier alpha value is -3.31. The minimum Gasteiger partial charge on any atom is -0.481 e. The number of aliphatic hydroxyl groups is 2. The van der Waals surface area contributed by atoms with Crippen LogP contribution in [0.5, 0.6) is 0 Å². The number of carboxylic acid groups (broad SMARTS) is 1. The van der Waals surface area contributed by atoms with Gasteiger partial charge in [0.15, 0.2) is 6.29 Å². The Bertz CT molecular complexity index is 1370. The summed E-state index contributed by atoms with van der Waals surface area (Å²) in [7, 11) is 0. The van der Waals surface area contributed by atoms with Crippen LogP contribution in [0.15, 0.2) is 72.8 Å². The van der Waals surface area contributed by atoms with Crippen molar-refractivity contribution in [1.82, 2.24) is 4.90 Å². The van der Waals surface area contributed by atoms with E-state index in [0.29, 0.717) is 36.5 Å². The molecule has 3 atom stereocenters. The predicted octanol–water partition coefficient (Wildman–Crippen LogP) is 5.16. The van der Waals surface area contributed by atoms with E-state index in [0.717, 1.165) is 35.3 Å². The van der Waals surface area contributed by atoms with Crippen LogP contribution in [0.25, 0.3) is 0 Å². The molecule has 0 unspecified atom stereocenters. The van der Waals surface area contributed by atoms with E-state index in [1.165, 1.54) is 0 Å². The highest BCUT2D eigenvalue weighted by Gasteiger charge is 2.37. The van der Waals surface area contributed by atoms with Crippen molar-refractivity contribution in [2.75, 3.05) is 25.0 Å². The molecule has 228 valence electrons. The maximum absolute atomic E-state index is 12.1. The summed E-state index contributed by atoms with van der Waals surface area (Å²) in [4.78, 5) is 25.1. The molecule has 43 heavy (non-hydrogen) atoms. The van der Waals surface area contributed by atoms with Crippen LogP contribution in [0, 0.1) is 0 Å². The van der Waals surface area contributed by atoms with Gasteiger partial charge < -0.3 is 35.0 Å². The molecule has 0 aliphatic carbocycles. The van der Waals surface area contributed by atoms with E-state index in [1.54, 1.807) is 12.1 Å². The molecule has 2 saturated heterocycles. The van der Waals surface area contributed by atoms with Crippen LogP contribution in [-0.2, 0) is 31.3 Å². The smallest absolute Gasteiger partial charge is 0.303 e. The lowest BCUT2D eigenvalue weighted by molar-refractivity contribution is -0.253. The minimum absolute atomic E-state index is 0.0311. The third-order valence-electron chi connectivity index (χ3n) is 8.17. The van der Waals surface area contributed by atoms with Crippen molar-refractivity contribution in [3.63, 3.8) is 0 Å². The van der Waals surface area contributed by atoms with Gasteiger partial charge >= 0.3 is 5.97 Å². The van der Waals surface area contributed by atoms with Gasteiger partial charge in [0, 0.05) is 48.7 Å². The van der Waals surface area contributed by atoms with Crippen molar-refractivity contribution in [3.05, 3.63) is 100 Å². The number of likely N-dealkylation sites (tertiary alicyclic amines) is 1. The number of aliphatic hydroxyl groups excluding tert-OH is 1. The molecule has 3 aromatic rings. The van der Waals surface area contributed by atoms with E-state index in [2.05, 4.69) is 10.2 Å². The van der Waals surface area contributed by atoms with Gasteiger partial charge in [-0.05, 0) is 53.8 Å². The number of hydrogen-bond donors (Lipinski definition) is 4. The lowest BCUT2D eigenvalue weighted by atomic mass is 9.84. The van der Waals surface area contributed by atoms with Gasteiger partial charge in [-0.1, -0.05) is 60.1 Å². The number of ether oxygens (including phenoxy) is 2. The lowest BCUT2D eigenvalue weighted by Crippen LogP contribution is -2.46. The molecule has 0 radical (unpaired) electrons. The zero-order valence-electron chi connectivity index (χ0n) is 23.8. The fraction of sp³-hybridized carbons (Fsp3) is 0.394. The number of rotatable bonds is 10. The summed E-state index contributed by atoms with van der Waals surface area (Å²) in [6, 6.07) is 22.3. The number of nitrogens with one attached hydrogen (secondary N) is 1. The minimum atomic E-state index is -1.02. The second kappa shape index (κ2) is 14.0. The van der Waals surface area contributed by atoms with Gasteiger partial charge in [0.2, 0.25) is 5.91 Å². The van der Waals surface area contributed by atoms with Gasteiger partial charge in [-0.2, -0.15) is 0 Å². The number of carboxylic acids is 1. The Labute approximate surface area is 256 Å². The number of benzene rings is 3. The SMILES string of the molecule is O=C(O)CCC(=O)Nc1ccc([C@@H]2O[C@H](CN3CCC(O)(c4ccc(Cl)cc4)CC3)C[C@H](c3ccc(CO)cc3)O2)cc1. The van der Waals surface area contributed by atoms with Gasteiger partial charge in [0.25, 0.3) is 0 Å². The maximum atomic E-state index is 12.1.